The molecule has 1 aromatic heterocycles. The maximum Gasteiger partial charge on any atom is 0.325 e. The predicted octanol–water partition coefficient (Wildman–Crippen LogP) is -0.338. The summed E-state index contributed by atoms with van der Waals surface area (Å²) in [7, 11) is 0. The van der Waals surface area contributed by atoms with Gasteiger partial charge >= 0.3 is 5.97 Å². The third-order valence-electron chi connectivity index (χ3n) is 2.84. The minimum Gasteiger partial charge on any atom is -0.480 e. The molecule has 1 aromatic rings. The van der Waals surface area contributed by atoms with Crippen LogP contribution in [0, 0.1) is 0 Å². The van der Waals surface area contributed by atoms with Crippen molar-refractivity contribution in [2.24, 2.45) is 0 Å². The van der Waals surface area contributed by atoms with Crippen LogP contribution in [0.1, 0.15) is 29.8 Å². The summed E-state index contributed by atoms with van der Waals surface area (Å²) in [5.41, 5.74) is 0.119. The second-order valence-corrected chi connectivity index (χ2v) is 4.37. The van der Waals surface area contributed by atoms with Crippen molar-refractivity contribution >= 4 is 11.9 Å². The molecule has 1 saturated heterocycles. The van der Waals surface area contributed by atoms with Crippen molar-refractivity contribution in [1.29, 1.82) is 0 Å². The van der Waals surface area contributed by atoms with Crippen LogP contribution in [-0.4, -0.2) is 51.2 Å². The van der Waals surface area contributed by atoms with E-state index in [4.69, 9.17) is 9.84 Å². The number of nitrogens with one attached hydrogen (secondary N) is 1. The van der Waals surface area contributed by atoms with Gasteiger partial charge in [-0.2, -0.15) is 0 Å². The van der Waals surface area contributed by atoms with E-state index in [-0.39, 0.29) is 24.2 Å². The van der Waals surface area contributed by atoms with Gasteiger partial charge in [-0.3, -0.25) is 9.59 Å². The third-order valence-corrected chi connectivity index (χ3v) is 2.84. The van der Waals surface area contributed by atoms with Gasteiger partial charge in [0.2, 0.25) is 0 Å². The quantitative estimate of drug-likeness (QED) is 0.731. The van der Waals surface area contributed by atoms with E-state index in [1.54, 1.807) is 0 Å². The molecule has 0 spiro atoms. The normalized spacial score (nSPS) is 18.4. The van der Waals surface area contributed by atoms with Gasteiger partial charge in [-0.25, -0.2) is 4.68 Å². The molecule has 19 heavy (non-hydrogen) atoms. The number of nitrogens with zero attached hydrogens (tertiary/aromatic N) is 3. The lowest BCUT2D eigenvalue weighted by Crippen LogP contribution is -2.27. The van der Waals surface area contributed by atoms with Crippen molar-refractivity contribution in [1.82, 2.24) is 20.3 Å². The zero-order valence-electron chi connectivity index (χ0n) is 10.4. The molecule has 0 radical (unpaired) electrons. The van der Waals surface area contributed by atoms with Crippen LogP contribution < -0.4 is 5.32 Å². The van der Waals surface area contributed by atoms with Gasteiger partial charge in [0.15, 0.2) is 5.69 Å². The van der Waals surface area contributed by atoms with E-state index in [0.29, 0.717) is 6.54 Å². The van der Waals surface area contributed by atoms with Crippen LogP contribution in [0.15, 0.2) is 6.20 Å². The molecule has 1 aliphatic rings. The van der Waals surface area contributed by atoms with Crippen LogP contribution in [0.4, 0.5) is 0 Å². The average molecular weight is 268 g/mol. The number of hydrogen-bond donors (Lipinski definition) is 2. The summed E-state index contributed by atoms with van der Waals surface area (Å²) in [6.07, 6.45) is 4.42. The first kappa shape index (κ1) is 13.5. The number of carbonyl (C=O) groups excluding carboxylic acids is 1. The first-order valence-corrected chi connectivity index (χ1v) is 6.17. The van der Waals surface area contributed by atoms with E-state index in [1.165, 1.54) is 6.20 Å². The number of hydrogen-bond acceptors (Lipinski definition) is 5. The maximum atomic E-state index is 11.7. The SMILES string of the molecule is O=C(O)Cn1cc(C(=O)NCCC2CCCO2)nn1. The standard InChI is InChI=1S/C11H16N4O4/c16-10(17)7-15-6-9(13-14-15)11(18)12-4-3-8-2-1-5-19-8/h6,8H,1-5,7H2,(H,12,18)(H,16,17). The number of amides is 1. The zero-order chi connectivity index (χ0) is 13.7. The molecule has 1 atom stereocenters. The number of ether oxygens (including phenoxy) is 1. The summed E-state index contributed by atoms with van der Waals surface area (Å²) >= 11 is 0. The van der Waals surface area contributed by atoms with Gasteiger partial charge in [0.1, 0.15) is 6.54 Å². The van der Waals surface area contributed by atoms with Gasteiger partial charge in [-0.05, 0) is 19.3 Å². The monoisotopic (exact) mass is 268 g/mol. The Morgan fingerprint density at radius 3 is 3.11 bits per heavy atom. The second-order valence-electron chi connectivity index (χ2n) is 4.37. The van der Waals surface area contributed by atoms with E-state index in [9.17, 15) is 9.59 Å². The van der Waals surface area contributed by atoms with Crippen molar-refractivity contribution in [2.45, 2.75) is 31.9 Å². The summed E-state index contributed by atoms with van der Waals surface area (Å²) in [6, 6.07) is 0. The highest BCUT2D eigenvalue weighted by Crippen LogP contribution is 2.14. The fourth-order valence-corrected chi connectivity index (χ4v) is 1.93. The highest BCUT2D eigenvalue weighted by Gasteiger charge is 2.16. The van der Waals surface area contributed by atoms with E-state index < -0.39 is 5.97 Å². The lowest BCUT2D eigenvalue weighted by atomic mass is 10.2. The molecule has 0 saturated carbocycles. The van der Waals surface area contributed by atoms with Gasteiger partial charge in [0, 0.05) is 13.2 Å². The molecule has 2 rings (SSSR count). The fraction of sp³-hybridized carbons (Fsp3) is 0.636. The van der Waals surface area contributed by atoms with Crippen molar-refractivity contribution in [2.75, 3.05) is 13.2 Å². The topological polar surface area (TPSA) is 106 Å². The first-order chi connectivity index (χ1) is 9.15. The number of carbonyl (C=O) groups is 2. The van der Waals surface area contributed by atoms with E-state index in [0.717, 1.165) is 30.6 Å². The minimum absolute atomic E-state index is 0.119. The zero-order valence-corrected chi connectivity index (χ0v) is 10.4. The molecule has 0 bridgehead atoms. The lowest BCUT2D eigenvalue weighted by Gasteiger charge is -2.08. The molecule has 8 nitrogen and oxygen atoms in total. The van der Waals surface area contributed by atoms with Gasteiger partial charge in [0.25, 0.3) is 5.91 Å². The summed E-state index contributed by atoms with van der Waals surface area (Å²) in [5, 5.41) is 18.5. The van der Waals surface area contributed by atoms with Gasteiger partial charge < -0.3 is 15.2 Å². The number of aromatic nitrogens is 3. The molecular formula is C11H16N4O4. The van der Waals surface area contributed by atoms with Crippen LogP contribution in [0.2, 0.25) is 0 Å². The summed E-state index contributed by atoms with van der Waals surface area (Å²) in [6.45, 7) is 0.994. The number of carboxylic acids is 1. The Balaban J connectivity index is 1.75. The molecule has 2 heterocycles. The summed E-state index contributed by atoms with van der Waals surface area (Å²) < 4.78 is 6.55. The molecule has 8 heteroatoms. The number of aliphatic carboxylic acids is 1. The molecule has 1 aliphatic heterocycles. The molecule has 1 unspecified atom stereocenters. The highest BCUT2D eigenvalue weighted by atomic mass is 16.5. The third kappa shape index (κ3) is 4.02. The lowest BCUT2D eigenvalue weighted by molar-refractivity contribution is -0.137. The summed E-state index contributed by atoms with van der Waals surface area (Å²) in [5.74, 6) is -1.38. The van der Waals surface area contributed by atoms with Gasteiger partial charge in [0.05, 0.1) is 12.3 Å². The van der Waals surface area contributed by atoms with Gasteiger partial charge in [-0.1, -0.05) is 5.21 Å². The molecule has 0 aliphatic carbocycles. The Morgan fingerprint density at radius 1 is 1.58 bits per heavy atom. The van der Waals surface area contributed by atoms with Crippen LogP contribution in [0.3, 0.4) is 0 Å². The average Bonchev–Trinajstić information content (AvgIpc) is 2.99. The van der Waals surface area contributed by atoms with E-state index in [2.05, 4.69) is 15.6 Å². The van der Waals surface area contributed by atoms with Crippen LogP contribution in [-0.2, 0) is 16.1 Å². The fourth-order valence-electron chi connectivity index (χ4n) is 1.93. The Bertz CT molecular complexity index is 453. The second kappa shape index (κ2) is 6.28. The first-order valence-electron chi connectivity index (χ1n) is 6.17. The molecule has 104 valence electrons. The molecule has 1 fully saturated rings. The van der Waals surface area contributed by atoms with Gasteiger partial charge in [-0.15, -0.1) is 5.10 Å². The summed E-state index contributed by atoms with van der Waals surface area (Å²) in [4.78, 5) is 22.2. The predicted molar refractivity (Wildman–Crippen MR) is 63.6 cm³/mol. The Hall–Kier alpha value is -1.96. The Kier molecular flexibility index (Phi) is 4.45. The minimum atomic E-state index is -1.03. The van der Waals surface area contributed by atoms with Crippen LogP contribution >= 0.6 is 0 Å². The largest absolute Gasteiger partial charge is 0.480 e. The van der Waals surface area contributed by atoms with E-state index >= 15 is 0 Å². The maximum absolute atomic E-state index is 11.7. The molecule has 1 amide bonds. The molecular weight excluding hydrogens is 252 g/mol. The highest BCUT2D eigenvalue weighted by molar-refractivity contribution is 5.91. The van der Waals surface area contributed by atoms with Crippen LogP contribution in [0.25, 0.3) is 0 Å². The number of rotatable bonds is 6. The molecule has 2 N–H and O–H groups in total. The number of carboxylic acid groups (broad SMARTS) is 1. The molecule has 0 aromatic carbocycles. The van der Waals surface area contributed by atoms with Crippen molar-refractivity contribution in [3.63, 3.8) is 0 Å². The Morgan fingerprint density at radius 2 is 2.42 bits per heavy atom. The smallest absolute Gasteiger partial charge is 0.325 e. The van der Waals surface area contributed by atoms with Crippen LogP contribution in [0.5, 0.6) is 0 Å². The van der Waals surface area contributed by atoms with Crippen molar-refractivity contribution < 1.29 is 19.4 Å². The van der Waals surface area contributed by atoms with Crippen molar-refractivity contribution in [3.05, 3.63) is 11.9 Å². The van der Waals surface area contributed by atoms with E-state index in [1.807, 2.05) is 0 Å². The van der Waals surface area contributed by atoms with Crippen molar-refractivity contribution in [3.8, 4) is 0 Å². The Labute approximate surface area is 109 Å².